The normalized spacial score (nSPS) is 10.6. The molecule has 0 bridgehead atoms. The smallest absolute Gasteiger partial charge is 0.407 e. The number of halogens is 2. The molecule has 2 aromatic rings. The van der Waals surface area contributed by atoms with Gasteiger partial charge >= 0.3 is 6.09 Å². The van der Waals surface area contributed by atoms with Crippen molar-refractivity contribution < 1.29 is 13.9 Å². The first-order valence-electron chi connectivity index (χ1n) is 6.72. The van der Waals surface area contributed by atoms with Crippen LogP contribution in [0.5, 0.6) is 0 Å². The largest absolute Gasteiger partial charge is 0.445 e. The number of benzene rings is 2. The predicted octanol–water partition coefficient (Wildman–Crippen LogP) is 4.53. The van der Waals surface area contributed by atoms with E-state index in [-0.39, 0.29) is 19.0 Å². The third-order valence-corrected chi connectivity index (χ3v) is 3.47. The molecule has 0 radical (unpaired) electrons. The molecule has 2 rings (SSSR count). The van der Waals surface area contributed by atoms with Gasteiger partial charge in [0.2, 0.25) is 0 Å². The Labute approximate surface area is 136 Å². The van der Waals surface area contributed by atoms with Crippen molar-refractivity contribution >= 4 is 28.1 Å². The minimum atomic E-state index is -0.511. The standard InChI is InChI=1S/C17H15BrFNO2/c18-15-10-4-8-14(16(15)19)9-5-11-20-17(21)22-12-13-6-2-1-3-7-13/h1-10H,11-12H2,(H,20,21). The lowest BCUT2D eigenvalue weighted by Crippen LogP contribution is -2.24. The summed E-state index contributed by atoms with van der Waals surface area (Å²) < 4.78 is 19.2. The molecule has 1 amide bonds. The Morgan fingerprint density at radius 3 is 2.73 bits per heavy atom. The van der Waals surface area contributed by atoms with E-state index in [0.29, 0.717) is 10.0 Å². The van der Waals surface area contributed by atoms with E-state index in [0.717, 1.165) is 5.56 Å². The lowest BCUT2D eigenvalue weighted by molar-refractivity contribution is 0.141. The van der Waals surface area contributed by atoms with Crippen molar-refractivity contribution in [2.24, 2.45) is 0 Å². The first kappa shape index (κ1) is 16.2. The van der Waals surface area contributed by atoms with Gasteiger partial charge in [-0.1, -0.05) is 54.6 Å². The molecule has 0 aliphatic carbocycles. The summed E-state index contributed by atoms with van der Waals surface area (Å²) in [4.78, 5) is 11.5. The maximum absolute atomic E-state index is 13.7. The monoisotopic (exact) mass is 363 g/mol. The summed E-state index contributed by atoms with van der Waals surface area (Å²) in [6.07, 6.45) is 2.76. The number of rotatable bonds is 5. The molecule has 3 nitrogen and oxygen atoms in total. The molecule has 22 heavy (non-hydrogen) atoms. The highest BCUT2D eigenvalue weighted by atomic mass is 79.9. The molecule has 0 heterocycles. The van der Waals surface area contributed by atoms with E-state index in [2.05, 4.69) is 21.2 Å². The van der Waals surface area contributed by atoms with Crippen molar-refractivity contribution in [2.45, 2.75) is 6.61 Å². The van der Waals surface area contributed by atoms with E-state index in [1.165, 1.54) is 0 Å². The molecule has 0 fully saturated rings. The lowest BCUT2D eigenvalue weighted by atomic mass is 10.2. The van der Waals surface area contributed by atoms with Crippen molar-refractivity contribution in [3.63, 3.8) is 0 Å². The highest BCUT2D eigenvalue weighted by Crippen LogP contribution is 2.19. The summed E-state index contributed by atoms with van der Waals surface area (Å²) in [5, 5.41) is 2.58. The number of carbonyl (C=O) groups is 1. The Morgan fingerprint density at radius 2 is 1.95 bits per heavy atom. The van der Waals surface area contributed by atoms with Crippen LogP contribution in [0, 0.1) is 5.82 Å². The van der Waals surface area contributed by atoms with Crippen LogP contribution in [0.3, 0.4) is 0 Å². The van der Waals surface area contributed by atoms with Gasteiger partial charge in [-0.3, -0.25) is 0 Å². The zero-order valence-electron chi connectivity index (χ0n) is 11.8. The van der Waals surface area contributed by atoms with Crippen LogP contribution in [0.15, 0.2) is 59.1 Å². The summed E-state index contributed by atoms with van der Waals surface area (Å²) >= 11 is 3.12. The highest BCUT2D eigenvalue weighted by molar-refractivity contribution is 9.10. The quantitative estimate of drug-likeness (QED) is 0.847. The van der Waals surface area contributed by atoms with Gasteiger partial charge in [0.1, 0.15) is 12.4 Å². The Bertz CT molecular complexity index is 659. The molecule has 114 valence electrons. The number of ether oxygens (including phenoxy) is 1. The van der Waals surface area contributed by atoms with Crippen molar-refractivity contribution in [3.05, 3.63) is 76.0 Å². The average Bonchev–Trinajstić information content (AvgIpc) is 2.54. The van der Waals surface area contributed by atoms with Crippen molar-refractivity contribution in [3.8, 4) is 0 Å². The zero-order chi connectivity index (χ0) is 15.8. The molecule has 5 heteroatoms. The molecular formula is C17H15BrFNO2. The molecule has 0 saturated heterocycles. The van der Waals surface area contributed by atoms with Gasteiger partial charge in [-0.15, -0.1) is 0 Å². The predicted molar refractivity (Wildman–Crippen MR) is 87.8 cm³/mol. The van der Waals surface area contributed by atoms with Crippen LogP contribution >= 0.6 is 15.9 Å². The molecular weight excluding hydrogens is 349 g/mol. The van der Waals surface area contributed by atoms with Crippen molar-refractivity contribution in [1.82, 2.24) is 5.32 Å². The van der Waals surface area contributed by atoms with Crippen LogP contribution in [-0.2, 0) is 11.3 Å². The summed E-state index contributed by atoms with van der Waals surface area (Å²) in [6.45, 7) is 0.482. The molecule has 0 saturated carbocycles. The molecule has 0 unspecified atom stereocenters. The molecule has 1 N–H and O–H groups in total. The number of hydrogen-bond donors (Lipinski definition) is 1. The summed E-state index contributed by atoms with van der Waals surface area (Å²) in [5.41, 5.74) is 1.37. The van der Waals surface area contributed by atoms with Gasteiger partial charge in [0.25, 0.3) is 0 Å². The van der Waals surface area contributed by atoms with Crippen LogP contribution in [-0.4, -0.2) is 12.6 Å². The van der Waals surface area contributed by atoms with E-state index in [9.17, 15) is 9.18 Å². The molecule has 0 atom stereocenters. The number of amides is 1. The topological polar surface area (TPSA) is 38.3 Å². The maximum Gasteiger partial charge on any atom is 0.407 e. The van der Waals surface area contributed by atoms with Gasteiger partial charge in [-0.25, -0.2) is 9.18 Å². The van der Waals surface area contributed by atoms with Gasteiger partial charge in [0.05, 0.1) is 4.47 Å². The molecule has 2 aromatic carbocycles. The first-order chi connectivity index (χ1) is 10.7. The fraction of sp³-hybridized carbons (Fsp3) is 0.118. The third kappa shape index (κ3) is 5.00. The Kier molecular flexibility index (Phi) is 6.15. The summed E-state index contributed by atoms with van der Waals surface area (Å²) in [5.74, 6) is -0.328. The van der Waals surface area contributed by atoms with Crippen LogP contribution in [0.1, 0.15) is 11.1 Å². The number of alkyl carbamates (subject to hydrolysis) is 1. The van der Waals surface area contributed by atoms with Gasteiger partial charge in [-0.2, -0.15) is 0 Å². The minimum absolute atomic E-state index is 0.219. The third-order valence-electron chi connectivity index (χ3n) is 2.86. The van der Waals surface area contributed by atoms with Gasteiger partial charge < -0.3 is 10.1 Å². The van der Waals surface area contributed by atoms with Crippen LogP contribution < -0.4 is 5.32 Å². The van der Waals surface area contributed by atoms with E-state index < -0.39 is 6.09 Å². The fourth-order valence-electron chi connectivity index (χ4n) is 1.75. The Morgan fingerprint density at radius 1 is 1.18 bits per heavy atom. The van der Waals surface area contributed by atoms with E-state index in [4.69, 9.17) is 4.74 Å². The van der Waals surface area contributed by atoms with Gasteiger partial charge in [-0.05, 0) is 27.6 Å². The zero-order valence-corrected chi connectivity index (χ0v) is 13.3. The van der Waals surface area contributed by atoms with Gasteiger partial charge in [0, 0.05) is 12.1 Å². The second-order valence-electron chi connectivity index (χ2n) is 4.49. The Hall–Kier alpha value is -2.14. The average molecular weight is 364 g/mol. The van der Waals surface area contributed by atoms with Gasteiger partial charge in [0.15, 0.2) is 0 Å². The second-order valence-corrected chi connectivity index (χ2v) is 5.34. The maximum atomic E-state index is 13.7. The molecule has 0 aliphatic rings. The molecule has 0 spiro atoms. The van der Waals surface area contributed by atoms with Crippen LogP contribution in [0.4, 0.5) is 9.18 Å². The van der Waals surface area contributed by atoms with E-state index in [1.54, 1.807) is 30.4 Å². The van der Waals surface area contributed by atoms with Crippen molar-refractivity contribution in [2.75, 3.05) is 6.54 Å². The number of carbonyl (C=O) groups excluding carboxylic acids is 1. The fourth-order valence-corrected chi connectivity index (χ4v) is 2.13. The van der Waals surface area contributed by atoms with Crippen LogP contribution in [0.2, 0.25) is 0 Å². The van der Waals surface area contributed by atoms with E-state index in [1.807, 2.05) is 30.3 Å². The van der Waals surface area contributed by atoms with Crippen LogP contribution in [0.25, 0.3) is 6.08 Å². The Balaban J connectivity index is 1.75. The minimum Gasteiger partial charge on any atom is -0.445 e. The first-order valence-corrected chi connectivity index (χ1v) is 7.51. The summed E-state index contributed by atoms with van der Waals surface area (Å²) in [7, 11) is 0. The summed E-state index contributed by atoms with van der Waals surface area (Å²) in [6, 6.07) is 14.4. The SMILES string of the molecule is O=C(NCC=Cc1cccc(Br)c1F)OCc1ccccc1. The number of nitrogens with one attached hydrogen (secondary N) is 1. The number of hydrogen-bond acceptors (Lipinski definition) is 2. The van der Waals surface area contributed by atoms with Crippen molar-refractivity contribution in [1.29, 1.82) is 0 Å². The molecule has 0 aliphatic heterocycles. The second kappa shape index (κ2) is 8.34. The molecule has 0 aromatic heterocycles. The highest BCUT2D eigenvalue weighted by Gasteiger charge is 2.03. The lowest BCUT2D eigenvalue weighted by Gasteiger charge is -2.05. The van der Waals surface area contributed by atoms with E-state index >= 15 is 0 Å².